The number of H-pyrrole nitrogens is 1. The van der Waals surface area contributed by atoms with Crippen LogP contribution >= 0.6 is 0 Å². The minimum Gasteiger partial charge on any atom is -0.480 e. The molecule has 67 heavy (non-hydrogen) atoms. The van der Waals surface area contributed by atoms with Gasteiger partial charge in [-0.05, 0) is 68.5 Å². The summed E-state index contributed by atoms with van der Waals surface area (Å²) in [6, 6.07) is 7.86. The number of unbranched alkanes of at least 4 members (excludes halogenated alkanes) is 3. The number of anilines is 3. The topological polar surface area (TPSA) is 363 Å². The number of aromatic amines is 1. The molecule has 0 spiro atoms. The number of fused-ring (bicyclic) bond motifs is 2. The lowest BCUT2D eigenvalue weighted by Gasteiger charge is -2.32. The zero-order chi connectivity index (χ0) is 47.8. The van der Waals surface area contributed by atoms with Gasteiger partial charge in [0.15, 0.2) is 11.2 Å². The molecule has 5 aromatic rings. The molecule has 3 aromatic heterocycles. The summed E-state index contributed by atoms with van der Waals surface area (Å²) < 4.78 is 6.79. The van der Waals surface area contributed by atoms with Crippen molar-refractivity contribution in [3.05, 3.63) is 93.3 Å². The first-order valence-electron chi connectivity index (χ1n) is 21.0. The number of rotatable bonds is 19. The Balaban J connectivity index is 0.764. The maximum Gasteiger partial charge on any atom is 0.423 e. The Hall–Kier alpha value is -8.64. The highest BCUT2D eigenvalue weighted by Gasteiger charge is 2.49. The number of amides is 7. The lowest BCUT2D eigenvalue weighted by atomic mass is 10.0. The number of hydrogen-bond acceptors (Lipinski definition) is 18. The predicted molar refractivity (Wildman–Crippen MR) is 232 cm³/mol. The number of nitrogens with zero attached hydrogens (tertiary/aromatic N) is 8. The minimum atomic E-state index is -1.37. The Morgan fingerprint density at radius 1 is 0.925 bits per heavy atom. The molecule has 7 amide bonds. The molecular weight excluding hydrogens is 877 g/mol. The van der Waals surface area contributed by atoms with Gasteiger partial charge in [-0.25, -0.2) is 19.6 Å². The standard InChI is InChI=1S/C42H44N14O11/c43-27-7-5-6-26-32(27)39(63)55(37(26)61)29-13-15-31(58)56(38(29)62)42(66)67-17-4-2-1-3-16-54-21-25(52-53-54)20-46-30(57)14-12-28(40(64)65)49-35(59)22-8-10-23(11-9-22)45-18-24-19-47-34-33(48-24)36(60)51-41(44)50-34/h5-11,19,21,28-29,45H,1-4,12-18,20,43H2,(H,46,57)(H,49,59)(H,64,65)(H3,44,47,50,51,60)/t28-,29?/m0/s1. The lowest BCUT2D eigenvalue weighted by Crippen LogP contribution is -2.57. The maximum absolute atomic E-state index is 13.3. The van der Waals surface area contributed by atoms with Gasteiger partial charge in [0.05, 0.1) is 48.9 Å². The molecule has 9 N–H and O–H groups in total. The number of likely N-dealkylation sites (tertiary alicyclic amines) is 1. The second-order valence-electron chi connectivity index (χ2n) is 15.5. The third-order valence-electron chi connectivity index (χ3n) is 10.8. The van der Waals surface area contributed by atoms with Crippen LogP contribution in [0.5, 0.6) is 0 Å². The molecular formula is C42H44N14O11. The van der Waals surface area contributed by atoms with Gasteiger partial charge in [-0.15, -0.1) is 5.10 Å². The van der Waals surface area contributed by atoms with Crippen LogP contribution in [0.1, 0.15) is 93.8 Å². The van der Waals surface area contributed by atoms with Crippen molar-refractivity contribution < 1.29 is 48.2 Å². The number of nitrogens with one attached hydrogen (secondary N) is 4. The van der Waals surface area contributed by atoms with Gasteiger partial charge in [-0.1, -0.05) is 17.7 Å². The number of ether oxygens (including phenoxy) is 1. The Bertz CT molecular complexity index is 2830. The first-order valence-corrected chi connectivity index (χ1v) is 21.0. The molecule has 25 heteroatoms. The van der Waals surface area contributed by atoms with Gasteiger partial charge in [0.2, 0.25) is 17.8 Å². The van der Waals surface area contributed by atoms with Crippen molar-refractivity contribution in [2.45, 2.75) is 83.1 Å². The molecule has 0 saturated carbocycles. The Morgan fingerprint density at radius 3 is 2.46 bits per heavy atom. The zero-order valence-electron chi connectivity index (χ0n) is 35.6. The SMILES string of the molecule is Nc1nc2ncc(CNc3ccc(C(=O)N[C@@H](CCC(=O)NCc4cn(CCCCCCOC(=O)N5C(=O)CCC(N6C(=O)c7cccc(N)c7C6=O)C5=O)nn4)C(=O)O)cc3)nc2c(=O)[nH]1. The number of aryl methyl sites for hydroxylation is 1. The van der Waals surface area contributed by atoms with Crippen LogP contribution in [-0.2, 0) is 43.5 Å². The van der Waals surface area contributed by atoms with E-state index in [0.717, 1.165) is 4.90 Å². The van der Waals surface area contributed by atoms with Crippen molar-refractivity contribution in [2.75, 3.05) is 23.4 Å². The second kappa shape index (κ2) is 20.5. The normalized spacial score (nSPS) is 15.1. The number of aromatic nitrogens is 7. The summed E-state index contributed by atoms with van der Waals surface area (Å²) in [4.78, 5) is 130. The van der Waals surface area contributed by atoms with Crippen LogP contribution < -0.4 is 33.0 Å². The first-order chi connectivity index (χ1) is 32.2. The summed E-state index contributed by atoms with van der Waals surface area (Å²) in [6.45, 7) is 0.622. The van der Waals surface area contributed by atoms with E-state index in [0.29, 0.717) is 54.2 Å². The number of piperidine rings is 1. The summed E-state index contributed by atoms with van der Waals surface area (Å²) in [5, 5.41) is 26.0. The fourth-order valence-electron chi connectivity index (χ4n) is 7.33. The van der Waals surface area contributed by atoms with E-state index >= 15 is 0 Å². The van der Waals surface area contributed by atoms with E-state index in [2.05, 4.69) is 46.2 Å². The molecule has 1 unspecified atom stereocenters. The molecule has 0 aliphatic carbocycles. The van der Waals surface area contributed by atoms with Crippen LogP contribution in [0.25, 0.3) is 11.2 Å². The molecule has 2 aromatic carbocycles. The van der Waals surface area contributed by atoms with Crippen molar-refractivity contribution >= 4 is 76.0 Å². The third kappa shape index (κ3) is 10.8. The summed E-state index contributed by atoms with van der Waals surface area (Å²) >= 11 is 0. The summed E-state index contributed by atoms with van der Waals surface area (Å²) in [5.74, 6) is -5.83. The highest BCUT2D eigenvalue weighted by atomic mass is 16.6. The van der Waals surface area contributed by atoms with E-state index in [-0.39, 0.29) is 84.9 Å². The third-order valence-corrected chi connectivity index (χ3v) is 10.8. The number of carbonyl (C=O) groups is 8. The van der Waals surface area contributed by atoms with E-state index in [1.54, 1.807) is 23.0 Å². The van der Waals surface area contributed by atoms with Crippen molar-refractivity contribution in [3.8, 4) is 0 Å². The smallest absolute Gasteiger partial charge is 0.423 e. The van der Waals surface area contributed by atoms with Crippen molar-refractivity contribution in [1.82, 2.24) is 55.4 Å². The molecule has 5 heterocycles. The summed E-state index contributed by atoms with van der Waals surface area (Å²) in [6.07, 6.45) is 3.54. The maximum atomic E-state index is 13.3. The molecule has 25 nitrogen and oxygen atoms in total. The fourth-order valence-corrected chi connectivity index (χ4v) is 7.33. The van der Waals surface area contributed by atoms with E-state index < -0.39 is 65.1 Å². The van der Waals surface area contributed by atoms with Crippen LogP contribution in [0.3, 0.4) is 0 Å². The van der Waals surface area contributed by atoms with Gasteiger partial charge in [-0.2, -0.15) is 9.88 Å². The number of benzene rings is 2. The van der Waals surface area contributed by atoms with E-state index in [9.17, 15) is 48.3 Å². The van der Waals surface area contributed by atoms with Crippen LogP contribution in [0.2, 0.25) is 0 Å². The Labute approximate surface area is 378 Å². The number of imide groups is 4. The summed E-state index contributed by atoms with van der Waals surface area (Å²) in [5.41, 5.74) is 12.8. The Morgan fingerprint density at radius 2 is 1.70 bits per heavy atom. The molecule has 7 rings (SSSR count). The van der Waals surface area contributed by atoms with Gasteiger partial charge in [0.1, 0.15) is 17.8 Å². The number of aliphatic carboxylic acids is 1. The van der Waals surface area contributed by atoms with Crippen LogP contribution in [0.4, 0.5) is 22.1 Å². The molecule has 348 valence electrons. The highest BCUT2D eigenvalue weighted by molar-refractivity contribution is 6.26. The molecule has 2 aliphatic heterocycles. The van der Waals surface area contributed by atoms with Gasteiger partial charge in [-0.3, -0.25) is 48.1 Å². The molecule has 1 fully saturated rings. The zero-order valence-corrected chi connectivity index (χ0v) is 35.6. The van der Waals surface area contributed by atoms with Crippen LogP contribution in [-0.4, -0.2) is 116 Å². The first kappa shape index (κ1) is 46.4. The monoisotopic (exact) mass is 920 g/mol. The minimum absolute atomic E-state index is 0.0255. The number of carboxylic acid groups (broad SMARTS) is 1. The molecule has 2 atom stereocenters. The number of nitrogens with two attached hydrogens (primary N) is 2. The highest BCUT2D eigenvalue weighted by Crippen LogP contribution is 2.32. The quantitative estimate of drug-likeness (QED) is 0.0343. The molecule has 1 saturated heterocycles. The average molecular weight is 921 g/mol. The van der Waals surface area contributed by atoms with Crippen molar-refractivity contribution in [3.63, 3.8) is 0 Å². The number of carboxylic acids is 1. The van der Waals surface area contributed by atoms with E-state index in [1.807, 2.05) is 0 Å². The molecule has 0 bridgehead atoms. The van der Waals surface area contributed by atoms with Gasteiger partial charge in [0, 0.05) is 36.3 Å². The molecule has 2 aliphatic rings. The molecule has 0 radical (unpaired) electrons. The van der Waals surface area contributed by atoms with Crippen molar-refractivity contribution in [1.29, 1.82) is 0 Å². The van der Waals surface area contributed by atoms with Crippen molar-refractivity contribution in [2.24, 2.45) is 0 Å². The fraction of sp³-hybridized carbons (Fsp3) is 0.333. The average Bonchev–Trinajstić information content (AvgIpc) is 3.86. The Kier molecular flexibility index (Phi) is 14.2. The van der Waals surface area contributed by atoms with E-state index in [1.165, 1.54) is 36.5 Å². The van der Waals surface area contributed by atoms with Gasteiger partial charge in [0.25, 0.3) is 29.2 Å². The van der Waals surface area contributed by atoms with Crippen LogP contribution in [0.15, 0.2) is 59.7 Å². The largest absolute Gasteiger partial charge is 0.480 e. The number of nitrogen functional groups attached to an aromatic ring is 2. The van der Waals surface area contributed by atoms with Gasteiger partial charge < -0.3 is 37.3 Å². The number of carbonyl (C=O) groups excluding carboxylic acids is 7. The van der Waals surface area contributed by atoms with Crippen LogP contribution in [0, 0.1) is 0 Å². The lowest BCUT2D eigenvalue weighted by molar-refractivity contribution is -0.149. The predicted octanol–water partition coefficient (Wildman–Crippen LogP) is 0.872. The summed E-state index contributed by atoms with van der Waals surface area (Å²) in [7, 11) is 0. The van der Waals surface area contributed by atoms with E-state index in [4.69, 9.17) is 16.2 Å². The number of hydrogen-bond donors (Lipinski definition) is 7. The van der Waals surface area contributed by atoms with Gasteiger partial charge >= 0.3 is 12.1 Å². The second-order valence-corrected chi connectivity index (χ2v) is 15.5.